The lowest BCUT2D eigenvalue weighted by Crippen LogP contribution is -2.21. The Labute approximate surface area is 96.1 Å². The van der Waals surface area contributed by atoms with Crippen LogP contribution in [0.2, 0.25) is 0 Å². The first kappa shape index (κ1) is 11.3. The average molecular weight is 221 g/mol. The molecule has 1 aromatic rings. The second-order valence-corrected chi connectivity index (χ2v) is 4.63. The predicted molar refractivity (Wildman–Crippen MR) is 63.2 cm³/mol. The highest BCUT2D eigenvalue weighted by Crippen LogP contribution is 2.31. The Morgan fingerprint density at radius 1 is 1.44 bits per heavy atom. The van der Waals surface area contributed by atoms with Gasteiger partial charge in [-0.25, -0.2) is 0 Å². The number of nitrogens with zero attached hydrogens (tertiary/aromatic N) is 2. The van der Waals surface area contributed by atoms with E-state index in [1.807, 2.05) is 13.0 Å². The van der Waals surface area contributed by atoms with Crippen molar-refractivity contribution < 1.29 is 5.11 Å². The zero-order valence-corrected chi connectivity index (χ0v) is 9.69. The van der Waals surface area contributed by atoms with Crippen LogP contribution in [0.1, 0.15) is 24.8 Å². The number of rotatable bonds is 4. The summed E-state index contributed by atoms with van der Waals surface area (Å²) in [6.45, 7) is 3.21. The van der Waals surface area contributed by atoms with Crippen molar-refractivity contribution in [1.29, 1.82) is 0 Å². The molecular weight excluding hydrogens is 202 g/mol. The highest BCUT2D eigenvalue weighted by molar-refractivity contribution is 5.35. The summed E-state index contributed by atoms with van der Waals surface area (Å²) >= 11 is 0. The molecule has 16 heavy (non-hydrogen) atoms. The molecule has 0 saturated heterocycles. The summed E-state index contributed by atoms with van der Waals surface area (Å²) < 4.78 is 0. The zero-order chi connectivity index (χ0) is 11.4. The fraction of sp³-hybridized carbons (Fsp3) is 0.667. The lowest BCUT2D eigenvalue weighted by Gasteiger charge is -2.17. The van der Waals surface area contributed by atoms with E-state index in [-0.39, 0.29) is 0 Å². The van der Waals surface area contributed by atoms with Crippen LogP contribution in [0.5, 0.6) is 0 Å². The minimum Gasteiger partial charge on any atom is -0.396 e. The number of nitrogens with one attached hydrogen (secondary N) is 1. The van der Waals surface area contributed by atoms with Gasteiger partial charge in [-0.2, -0.15) is 5.10 Å². The maximum absolute atomic E-state index is 9.22. The van der Waals surface area contributed by atoms with Crippen LogP contribution in [-0.2, 0) is 0 Å². The smallest absolute Gasteiger partial charge is 0.148 e. The minimum absolute atomic E-state index is 0.311. The lowest BCUT2D eigenvalue weighted by molar-refractivity contribution is 0.199. The number of aliphatic hydroxyl groups is 1. The second-order valence-electron chi connectivity index (χ2n) is 4.63. The molecule has 2 N–H and O–H groups in total. The fourth-order valence-corrected chi connectivity index (χ4v) is 2.41. The number of aliphatic hydroxyl groups excluding tert-OH is 1. The third-order valence-electron chi connectivity index (χ3n) is 3.39. The summed E-state index contributed by atoms with van der Waals surface area (Å²) in [6.07, 6.45) is 5.34. The van der Waals surface area contributed by atoms with E-state index in [9.17, 15) is 5.11 Å². The second kappa shape index (κ2) is 5.25. The van der Waals surface area contributed by atoms with Crippen LogP contribution in [0.15, 0.2) is 12.3 Å². The summed E-state index contributed by atoms with van der Waals surface area (Å²) in [7, 11) is 0. The van der Waals surface area contributed by atoms with E-state index < -0.39 is 0 Å². The van der Waals surface area contributed by atoms with Gasteiger partial charge in [0.2, 0.25) is 0 Å². The van der Waals surface area contributed by atoms with E-state index in [0.717, 1.165) is 24.3 Å². The summed E-state index contributed by atoms with van der Waals surface area (Å²) in [5.41, 5.74) is 1.11. The maximum Gasteiger partial charge on any atom is 0.148 e. The standard InChI is InChI=1S/C12H19N3O/c1-9-5-12(15-14-6-9)13-7-10-3-2-4-11(10)8-16/h5-6,10-11,16H,2-4,7-8H2,1H3,(H,13,15). The van der Waals surface area contributed by atoms with Gasteiger partial charge in [0.15, 0.2) is 0 Å². The number of anilines is 1. The topological polar surface area (TPSA) is 58.0 Å². The van der Waals surface area contributed by atoms with Crippen LogP contribution in [0.3, 0.4) is 0 Å². The van der Waals surface area contributed by atoms with Gasteiger partial charge in [0.1, 0.15) is 5.82 Å². The summed E-state index contributed by atoms with van der Waals surface area (Å²) in [5.74, 6) is 1.88. The van der Waals surface area contributed by atoms with Crippen molar-refractivity contribution in [2.75, 3.05) is 18.5 Å². The molecule has 0 radical (unpaired) electrons. The quantitative estimate of drug-likeness (QED) is 0.811. The first-order chi connectivity index (χ1) is 7.79. The molecule has 1 saturated carbocycles. The Kier molecular flexibility index (Phi) is 3.72. The van der Waals surface area contributed by atoms with Gasteiger partial charge in [-0.05, 0) is 43.2 Å². The normalized spacial score (nSPS) is 24.6. The van der Waals surface area contributed by atoms with Gasteiger partial charge in [0, 0.05) is 13.2 Å². The van der Waals surface area contributed by atoms with Crippen molar-refractivity contribution in [2.24, 2.45) is 11.8 Å². The molecular formula is C12H19N3O. The zero-order valence-electron chi connectivity index (χ0n) is 9.69. The molecule has 0 aromatic carbocycles. The molecule has 1 aromatic heterocycles. The molecule has 4 nitrogen and oxygen atoms in total. The predicted octanol–water partition coefficient (Wildman–Crippen LogP) is 1.61. The Morgan fingerprint density at radius 2 is 2.25 bits per heavy atom. The number of aryl methyl sites for hydroxylation is 1. The highest BCUT2D eigenvalue weighted by atomic mass is 16.3. The van der Waals surface area contributed by atoms with Crippen LogP contribution < -0.4 is 5.32 Å². The van der Waals surface area contributed by atoms with Gasteiger partial charge < -0.3 is 10.4 Å². The SMILES string of the molecule is Cc1cnnc(NCC2CCCC2CO)c1. The van der Waals surface area contributed by atoms with Gasteiger partial charge in [-0.3, -0.25) is 0 Å². The molecule has 1 aliphatic rings. The molecule has 0 aliphatic heterocycles. The Morgan fingerprint density at radius 3 is 3.00 bits per heavy atom. The Bertz CT molecular complexity index is 343. The third-order valence-corrected chi connectivity index (χ3v) is 3.39. The van der Waals surface area contributed by atoms with Gasteiger partial charge in [-0.1, -0.05) is 6.42 Å². The van der Waals surface area contributed by atoms with Crippen molar-refractivity contribution in [3.05, 3.63) is 17.8 Å². The van der Waals surface area contributed by atoms with Crippen molar-refractivity contribution in [3.8, 4) is 0 Å². The van der Waals surface area contributed by atoms with Crippen LogP contribution >= 0.6 is 0 Å². The molecule has 1 heterocycles. The van der Waals surface area contributed by atoms with E-state index in [2.05, 4.69) is 15.5 Å². The number of hydrogen-bond acceptors (Lipinski definition) is 4. The highest BCUT2D eigenvalue weighted by Gasteiger charge is 2.26. The molecule has 1 fully saturated rings. The van der Waals surface area contributed by atoms with E-state index in [0.29, 0.717) is 18.4 Å². The van der Waals surface area contributed by atoms with E-state index in [1.54, 1.807) is 6.20 Å². The monoisotopic (exact) mass is 221 g/mol. The van der Waals surface area contributed by atoms with Gasteiger partial charge >= 0.3 is 0 Å². The van der Waals surface area contributed by atoms with Gasteiger partial charge in [0.05, 0.1) is 6.20 Å². The number of hydrogen-bond donors (Lipinski definition) is 2. The summed E-state index contributed by atoms with van der Waals surface area (Å²) in [4.78, 5) is 0. The van der Waals surface area contributed by atoms with Crippen molar-refractivity contribution in [3.63, 3.8) is 0 Å². The van der Waals surface area contributed by atoms with Crippen molar-refractivity contribution >= 4 is 5.82 Å². The molecule has 4 heteroatoms. The summed E-state index contributed by atoms with van der Waals surface area (Å²) in [6, 6.07) is 2.00. The Hall–Kier alpha value is -1.16. The van der Waals surface area contributed by atoms with Crippen LogP contribution in [0.4, 0.5) is 5.82 Å². The molecule has 88 valence electrons. The molecule has 0 amide bonds. The maximum atomic E-state index is 9.22. The van der Waals surface area contributed by atoms with E-state index in [1.165, 1.54) is 12.8 Å². The molecule has 2 atom stereocenters. The Balaban J connectivity index is 1.87. The van der Waals surface area contributed by atoms with Crippen LogP contribution in [0.25, 0.3) is 0 Å². The molecule has 1 aliphatic carbocycles. The average Bonchev–Trinajstić information content (AvgIpc) is 2.74. The molecule has 0 bridgehead atoms. The lowest BCUT2D eigenvalue weighted by atomic mass is 9.97. The molecule has 0 spiro atoms. The van der Waals surface area contributed by atoms with Crippen molar-refractivity contribution in [2.45, 2.75) is 26.2 Å². The fourth-order valence-electron chi connectivity index (χ4n) is 2.41. The number of aromatic nitrogens is 2. The van der Waals surface area contributed by atoms with Crippen LogP contribution in [-0.4, -0.2) is 28.5 Å². The van der Waals surface area contributed by atoms with Crippen molar-refractivity contribution in [1.82, 2.24) is 10.2 Å². The summed E-state index contributed by atoms with van der Waals surface area (Å²) in [5, 5.41) is 20.5. The van der Waals surface area contributed by atoms with Gasteiger partial charge in [0.25, 0.3) is 0 Å². The molecule has 2 unspecified atom stereocenters. The first-order valence-corrected chi connectivity index (χ1v) is 5.93. The largest absolute Gasteiger partial charge is 0.396 e. The van der Waals surface area contributed by atoms with E-state index >= 15 is 0 Å². The minimum atomic E-state index is 0.311. The van der Waals surface area contributed by atoms with Gasteiger partial charge in [-0.15, -0.1) is 5.10 Å². The van der Waals surface area contributed by atoms with E-state index in [4.69, 9.17) is 0 Å². The first-order valence-electron chi connectivity index (χ1n) is 5.93. The third kappa shape index (κ3) is 2.70. The molecule has 2 rings (SSSR count). The van der Waals surface area contributed by atoms with Crippen LogP contribution in [0, 0.1) is 18.8 Å².